The molecule has 0 radical (unpaired) electrons. The average molecular weight is 295 g/mol. The van der Waals surface area contributed by atoms with E-state index in [1.807, 2.05) is 32.0 Å². The minimum Gasteiger partial charge on any atom is -0.370 e. The van der Waals surface area contributed by atoms with Crippen molar-refractivity contribution in [2.75, 3.05) is 11.9 Å². The Labute approximate surface area is 120 Å². The Kier molecular flexibility index (Phi) is 3.19. The van der Waals surface area contributed by atoms with Crippen molar-refractivity contribution in [3.63, 3.8) is 0 Å². The van der Waals surface area contributed by atoms with Crippen LogP contribution in [-0.2, 0) is 6.18 Å². The van der Waals surface area contributed by atoms with Gasteiger partial charge in [0.15, 0.2) is 5.69 Å². The summed E-state index contributed by atoms with van der Waals surface area (Å²) in [6.07, 6.45) is -3.70. The van der Waals surface area contributed by atoms with Crippen LogP contribution in [0.2, 0.25) is 0 Å². The van der Waals surface area contributed by atoms with Crippen molar-refractivity contribution in [3.05, 3.63) is 46.6 Å². The molecule has 1 aromatic carbocycles. The highest BCUT2D eigenvalue weighted by Crippen LogP contribution is 2.36. The highest BCUT2D eigenvalue weighted by Gasteiger charge is 2.37. The summed E-state index contributed by atoms with van der Waals surface area (Å²) in [5, 5.41) is 6.76. The molecule has 0 amide bonds. The molecule has 6 heteroatoms. The van der Waals surface area contributed by atoms with E-state index in [0.717, 1.165) is 29.2 Å². The van der Waals surface area contributed by atoms with Crippen molar-refractivity contribution >= 4 is 5.82 Å². The fraction of sp³-hybridized carbons (Fsp3) is 0.400. The summed E-state index contributed by atoms with van der Waals surface area (Å²) in [7, 11) is 0. The number of aryl methyl sites for hydroxylation is 2. The molecule has 1 atom stereocenters. The van der Waals surface area contributed by atoms with Crippen LogP contribution < -0.4 is 5.32 Å². The van der Waals surface area contributed by atoms with E-state index in [4.69, 9.17) is 0 Å². The van der Waals surface area contributed by atoms with Crippen molar-refractivity contribution in [2.45, 2.75) is 32.5 Å². The molecule has 0 fully saturated rings. The van der Waals surface area contributed by atoms with Crippen LogP contribution in [0.4, 0.5) is 19.0 Å². The minimum atomic E-state index is -4.42. The van der Waals surface area contributed by atoms with E-state index in [-0.39, 0.29) is 6.04 Å². The van der Waals surface area contributed by atoms with Gasteiger partial charge in [-0.1, -0.05) is 23.8 Å². The van der Waals surface area contributed by atoms with Crippen LogP contribution in [0, 0.1) is 13.8 Å². The SMILES string of the molecule is Cc1ccc(C2CCNc3cc(C(F)(F)F)nn32)c(C)c1. The molecular formula is C15H16F3N3. The van der Waals surface area contributed by atoms with Crippen molar-refractivity contribution in [1.29, 1.82) is 0 Å². The number of anilines is 1. The lowest BCUT2D eigenvalue weighted by Gasteiger charge is -2.27. The summed E-state index contributed by atoms with van der Waals surface area (Å²) in [5.41, 5.74) is 2.40. The fourth-order valence-electron chi connectivity index (χ4n) is 2.85. The van der Waals surface area contributed by atoms with Gasteiger partial charge in [-0.2, -0.15) is 18.3 Å². The number of fused-ring (bicyclic) bond motifs is 1. The van der Waals surface area contributed by atoms with Crippen LogP contribution in [0.5, 0.6) is 0 Å². The average Bonchev–Trinajstić information content (AvgIpc) is 2.82. The first-order valence-electron chi connectivity index (χ1n) is 6.84. The van der Waals surface area contributed by atoms with Crippen LogP contribution in [0.15, 0.2) is 24.3 Å². The van der Waals surface area contributed by atoms with Gasteiger partial charge in [0.1, 0.15) is 5.82 Å². The van der Waals surface area contributed by atoms with E-state index < -0.39 is 11.9 Å². The highest BCUT2D eigenvalue weighted by molar-refractivity contribution is 5.43. The highest BCUT2D eigenvalue weighted by atomic mass is 19.4. The van der Waals surface area contributed by atoms with E-state index in [0.29, 0.717) is 12.4 Å². The Bertz CT molecular complexity index is 673. The van der Waals surface area contributed by atoms with Gasteiger partial charge in [-0.15, -0.1) is 0 Å². The number of nitrogens with one attached hydrogen (secondary N) is 1. The lowest BCUT2D eigenvalue weighted by molar-refractivity contribution is -0.141. The zero-order chi connectivity index (χ0) is 15.2. The third kappa shape index (κ3) is 2.50. The Morgan fingerprint density at radius 3 is 2.67 bits per heavy atom. The molecule has 0 aliphatic carbocycles. The molecule has 3 rings (SSSR count). The molecule has 0 saturated heterocycles. The molecule has 0 spiro atoms. The van der Waals surface area contributed by atoms with Crippen LogP contribution >= 0.6 is 0 Å². The maximum absolute atomic E-state index is 12.8. The molecule has 1 unspecified atom stereocenters. The topological polar surface area (TPSA) is 29.9 Å². The zero-order valence-electron chi connectivity index (χ0n) is 11.8. The quantitative estimate of drug-likeness (QED) is 0.864. The molecule has 2 aromatic rings. The van der Waals surface area contributed by atoms with E-state index in [2.05, 4.69) is 10.4 Å². The number of rotatable bonds is 1. The fourth-order valence-corrected chi connectivity index (χ4v) is 2.85. The van der Waals surface area contributed by atoms with Gasteiger partial charge in [0.2, 0.25) is 0 Å². The summed E-state index contributed by atoms with van der Waals surface area (Å²) in [4.78, 5) is 0. The second kappa shape index (κ2) is 4.79. The summed E-state index contributed by atoms with van der Waals surface area (Å²) < 4.78 is 40.0. The second-order valence-corrected chi connectivity index (χ2v) is 5.45. The first kappa shape index (κ1) is 14.0. The predicted molar refractivity (Wildman–Crippen MR) is 74.4 cm³/mol. The summed E-state index contributed by atoms with van der Waals surface area (Å²) in [6, 6.07) is 6.94. The Balaban J connectivity index is 2.06. The molecule has 1 N–H and O–H groups in total. The zero-order valence-corrected chi connectivity index (χ0v) is 11.8. The van der Waals surface area contributed by atoms with E-state index in [1.54, 1.807) is 0 Å². The number of nitrogens with zero attached hydrogens (tertiary/aromatic N) is 2. The van der Waals surface area contributed by atoms with Crippen molar-refractivity contribution in [3.8, 4) is 0 Å². The summed E-state index contributed by atoms with van der Waals surface area (Å²) >= 11 is 0. The van der Waals surface area contributed by atoms with E-state index >= 15 is 0 Å². The van der Waals surface area contributed by atoms with Gasteiger partial charge in [-0.25, -0.2) is 4.68 Å². The Morgan fingerprint density at radius 2 is 2.00 bits per heavy atom. The Hall–Kier alpha value is -1.98. The van der Waals surface area contributed by atoms with Crippen LogP contribution in [-0.4, -0.2) is 16.3 Å². The third-order valence-electron chi connectivity index (χ3n) is 3.83. The summed E-state index contributed by atoms with van der Waals surface area (Å²) in [5.74, 6) is 0.429. The van der Waals surface area contributed by atoms with Crippen molar-refractivity contribution in [1.82, 2.24) is 9.78 Å². The maximum Gasteiger partial charge on any atom is 0.435 e. The lowest BCUT2D eigenvalue weighted by atomic mass is 9.96. The number of aromatic nitrogens is 2. The molecule has 112 valence electrons. The summed E-state index contributed by atoms with van der Waals surface area (Å²) in [6.45, 7) is 4.62. The maximum atomic E-state index is 12.8. The standard InChI is InChI=1S/C15H16F3N3/c1-9-3-4-11(10(2)7-9)12-5-6-19-14-8-13(15(16,17)18)20-21(12)14/h3-4,7-8,12,19H,5-6H2,1-2H3. The molecule has 0 saturated carbocycles. The first-order valence-corrected chi connectivity index (χ1v) is 6.84. The number of benzene rings is 1. The van der Waals surface area contributed by atoms with Gasteiger partial charge < -0.3 is 5.32 Å². The largest absolute Gasteiger partial charge is 0.435 e. The molecule has 21 heavy (non-hydrogen) atoms. The van der Waals surface area contributed by atoms with Gasteiger partial charge in [0.25, 0.3) is 0 Å². The van der Waals surface area contributed by atoms with E-state index in [9.17, 15) is 13.2 Å². The van der Waals surface area contributed by atoms with Crippen molar-refractivity contribution < 1.29 is 13.2 Å². The van der Waals surface area contributed by atoms with Crippen LogP contribution in [0.3, 0.4) is 0 Å². The second-order valence-electron chi connectivity index (χ2n) is 5.45. The number of alkyl halides is 3. The lowest BCUT2D eigenvalue weighted by Crippen LogP contribution is -2.25. The molecule has 0 bridgehead atoms. The molecular weight excluding hydrogens is 279 g/mol. The smallest absolute Gasteiger partial charge is 0.370 e. The number of hydrogen-bond acceptors (Lipinski definition) is 2. The van der Waals surface area contributed by atoms with Crippen LogP contribution in [0.25, 0.3) is 0 Å². The van der Waals surface area contributed by atoms with Gasteiger partial charge in [-0.3, -0.25) is 0 Å². The third-order valence-corrected chi connectivity index (χ3v) is 3.83. The number of hydrogen-bond donors (Lipinski definition) is 1. The molecule has 1 aromatic heterocycles. The van der Waals surface area contributed by atoms with E-state index in [1.165, 1.54) is 4.68 Å². The first-order chi connectivity index (χ1) is 9.86. The predicted octanol–water partition coefficient (Wildman–Crippen LogP) is 3.92. The molecule has 1 aliphatic heterocycles. The number of halogens is 3. The Morgan fingerprint density at radius 1 is 1.24 bits per heavy atom. The van der Waals surface area contributed by atoms with Crippen molar-refractivity contribution in [2.24, 2.45) is 0 Å². The van der Waals surface area contributed by atoms with Gasteiger partial charge >= 0.3 is 6.18 Å². The van der Waals surface area contributed by atoms with Gasteiger partial charge in [0, 0.05) is 12.6 Å². The minimum absolute atomic E-state index is 0.155. The molecule has 3 nitrogen and oxygen atoms in total. The van der Waals surface area contributed by atoms with Gasteiger partial charge in [0.05, 0.1) is 6.04 Å². The monoisotopic (exact) mass is 295 g/mol. The molecule has 2 heterocycles. The molecule has 1 aliphatic rings. The van der Waals surface area contributed by atoms with Gasteiger partial charge in [-0.05, 0) is 31.4 Å². The van der Waals surface area contributed by atoms with Crippen LogP contribution in [0.1, 0.15) is 34.8 Å². The normalized spacial score (nSPS) is 18.2.